The van der Waals surface area contributed by atoms with Gasteiger partial charge in [0.15, 0.2) is 0 Å². The van der Waals surface area contributed by atoms with E-state index < -0.39 is 10.0 Å². The Labute approximate surface area is 84.5 Å². The lowest BCUT2D eigenvalue weighted by molar-refractivity contribution is -0.120. The highest BCUT2D eigenvalue weighted by molar-refractivity contribution is 7.89. The number of carbonyl (C=O) groups excluding carboxylic acids is 1. The minimum absolute atomic E-state index is 0.0526. The van der Waals surface area contributed by atoms with Gasteiger partial charge in [-0.3, -0.25) is 4.79 Å². The summed E-state index contributed by atoms with van der Waals surface area (Å²) in [6.07, 6.45) is 2.09. The van der Waals surface area contributed by atoms with Crippen LogP contribution in [0.15, 0.2) is 0 Å². The highest BCUT2D eigenvalue weighted by Crippen LogP contribution is 2.18. The summed E-state index contributed by atoms with van der Waals surface area (Å²) in [7, 11) is -0.303. The van der Waals surface area contributed by atoms with E-state index >= 15 is 0 Å². The van der Waals surface area contributed by atoms with E-state index in [1.807, 2.05) is 0 Å². The number of hydrogen-bond acceptors (Lipinski definition) is 3. The van der Waals surface area contributed by atoms with Crippen LogP contribution in [0.25, 0.3) is 0 Å². The smallest absolute Gasteiger partial charge is 0.221 e. The molecule has 0 aliphatic heterocycles. The fraction of sp³-hybridized carbons (Fsp3) is 0.875. The summed E-state index contributed by atoms with van der Waals surface area (Å²) in [6.45, 7) is 0. The zero-order chi connectivity index (χ0) is 10.8. The van der Waals surface area contributed by atoms with Crippen LogP contribution in [-0.2, 0) is 14.8 Å². The van der Waals surface area contributed by atoms with Crippen molar-refractivity contribution in [3.63, 3.8) is 0 Å². The summed E-state index contributed by atoms with van der Waals surface area (Å²) in [5.41, 5.74) is 0. The van der Waals surface area contributed by atoms with E-state index in [9.17, 15) is 13.2 Å². The average molecular weight is 220 g/mol. The lowest BCUT2D eigenvalue weighted by Gasteiger charge is -2.10. The number of nitrogens with one attached hydrogen (secondary N) is 1. The maximum atomic E-state index is 11.3. The molecule has 1 aliphatic rings. The number of sulfonamides is 1. The third-order valence-corrected chi connectivity index (χ3v) is 3.92. The molecule has 5 nitrogen and oxygen atoms in total. The Morgan fingerprint density at radius 1 is 1.43 bits per heavy atom. The number of carbonyl (C=O) groups is 1. The molecule has 0 aromatic heterocycles. The monoisotopic (exact) mass is 220 g/mol. The first-order valence-electron chi connectivity index (χ1n) is 4.61. The van der Waals surface area contributed by atoms with Crippen LogP contribution in [0.1, 0.15) is 19.3 Å². The summed E-state index contributed by atoms with van der Waals surface area (Å²) >= 11 is 0. The van der Waals surface area contributed by atoms with E-state index in [2.05, 4.69) is 5.32 Å². The molecule has 0 aromatic rings. The van der Waals surface area contributed by atoms with Gasteiger partial charge in [0, 0.05) is 26.6 Å². The van der Waals surface area contributed by atoms with Crippen molar-refractivity contribution in [3.05, 3.63) is 0 Å². The van der Waals surface area contributed by atoms with E-state index in [0.29, 0.717) is 6.04 Å². The summed E-state index contributed by atoms with van der Waals surface area (Å²) in [6, 6.07) is 0.296. The van der Waals surface area contributed by atoms with Crippen LogP contribution >= 0.6 is 0 Å². The van der Waals surface area contributed by atoms with Crippen LogP contribution in [0.4, 0.5) is 0 Å². The van der Waals surface area contributed by atoms with E-state index in [0.717, 1.165) is 17.1 Å². The first-order chi connectivity index (χ1) is 6.42. The van der Waals surface area contributed by atoms with Gasteiger partial charge in [-0.25, -0.2) is 12.7 Å². The van der Waals surface area contributed by atoms with Crippen LogP contribution in [-0.4, -0.2) is 44.5 Å². The Balaban J connectivity index is 2.28. The van der Waals surface area contributed by atoms with Crippen molar-refractivity contribution in [2.75, 3.05) is 19.8 Å². The molecule has 0 saturated heterocycles. The fourth-order valence-electron chi connectivity index (χ4n) is 0.932. The molecule has 0 atom stereocenters. The Kier molecular flexibility index (Phi) is 3.49. The molecular formula is C8H16N2O3S. The van der Waals surface area contributed by atoms with Crippen molar-refractivity contribution < 1.29 is 13.2 Å². The van der Waals surface area contributed by atoms with Crippen LogP contribution in [0.5, 0.6) is 0 Å². The Morgan fingerprint density at radius 3 is 2.43 bits per heavy atom. The molecule has 6 heteroatoms. The fourth-order valence-corrected chi connectivity index (χ4v) is 1.74. The number of hydrogen-bond donors (Lipinski definition) is 1. The minimum atomic E-state index is -3.24. The van der Waals surface area contributed by atoms with Crippen LogP contribution in [0.3, 0.4) is 0 Å². The van der Waals surface area contributed by atoms with Gasteiger partial charge in [-0.15, -0.1) is 0 Å². The Bertz CT molecular complexity index is 307. The second-order valence-electron chi connectivity index (χ2n) is 3.69. The number of nitrogens with zero attached hydrogens (tertiary/aromatic N) is 1. The second-order valence-corrected chi connectivity index (χ2v) is 5.99. The molecule has 0 heterocycles. The zero-order valence-electron chi connectivity index (χ0n) is 8.49. The van der Waals surface area contributed by atoms with Gasteiger partial charge in [0.25, 0.3) is 0 Å². The molecule has 82 valence electrons. The van der Waals surface area contributed by atoms with Crippen molar-refractivity contribution in [3.8, 4) is 0 Å². The molecule has 0 unspecified atom stereocenters. The maximum absolute atomic E-state index is 11.3. The van der Waals surface area contributed by atoms with Gasteiger partial charge in [0.2, 0.25) is 15.9 Å². The molecule has 0 radical (unpaired) electrons. The molecule has 1 amide bonds. The third kappa shape index (κ3) is 3.63. The largest absolute Gasteiger partial charge is 0.353 e. The first kappa shape index (κ1) is 11.5. The number of amides is 1. The van der Waals surface area contributed by atoms with Gasteiger partial charge in [0.1, 0.15) is 0 Å². The molecule has 0 bridgehead atoms. The summed E-state index contributed by atoms with van der Waals surface area (Å²) in [4.78, 5) is 11.2. The standard InChI is InChI=1S/C8H16N2O3S/c1-10(2)14(12,13)6-5-8(11)9-7-3-4-7/h7H,3-6H2,1-2H3,(H,9,11). The lowest BCUT2D eigenvalue weighted by atomic mass is 10.4. The van der Waals surface area contributed by atoms with Gasteiger partial charge in [0.05, 0.1) is 5.75 Å². The first-order valence-corrected chi connectivity index (χ1v) is 6.22. The molecule has 1 aliphatic carbocycles. The number of rotatable bonds is 5. The third-order valence-electron chi connectivity index (χ3n) is 2.09. The van der Waals surface area contributed by atoms with Crippen molar-refractivity contribution >= 4 is 15.9 Å². The van der Waals surface area contributed by atoms with Crippen LogP contribution < -0.4 is 5.32 Å². The molecule has 1 rings (SSSR count). The topological polar surface area (TPSA) is 66.5 Å². The van der Waals surface area contributed by atoms with Crippen molar-refractivity contribution in [1.82, 2.24) is 9.62 Å². The van der Waals surface area contributed by atoms with E-state index in [4.69, 9.17) is 0 Å². The van der Waals surface area contributed by atoms with E-state index in [-0.39, 0.29) is 18.1 Å². The molecule has 14 heavy (non-hydrogen) atoms. The average Bonchev–Trinajstić information content (AvgIpc) is 2.85. The Hall–Kier alpha value is -0.620. The van der Waals surface area contributed by atoms with Gasteiger partial charge >= 0.3 is 0 Å². The highest BCUT2D eigenvalue weighted by atomic mass is 32.2. The van der Waals surface area contributed by atoms with Gasteiger partial charge < -0.3 is 5.32 Å². The van der Waals surface area contributed by atoms with Gasteiger partial charge in [-0.05, 0) is 12.8 Å². The molecule has 1 N–H and O–H groups in total. The lowest BCUT2D eigenvalue weighted by Crippen LogP contribution is -2.31. The molecule has 0 aromatic carbocycles. The second kappa shape index (κ2) is 4.27. The van der Waals surface area contributed by atoms with Crippen molar-refractivity contribution in [2.24, 2.45) is 0 Å². The summed E-state index contributed by atoms with van der Waals surface area (Å²) < 4.78 is 23.7. The van der Waals surface area contributed by atoms with Crippen molar-refractivity contribution in [2.45, 2.75) is 25.3 Å². The van der Waals surface area contributed by atoms with Crippen LogP contribution in [0, 0.1) is 0 Å². The molecule has 1 fully saturated rings. The van der Waals surface area contributed by atoms with E-state index in [1.165, 1.54) is 14.1 Å². The molecule has 0 spiro atoms. The highest BCUT2D eigenvalue weighted by Gasteiger charge is 2.24. The van der Waals surface area contributed by atoms with E-state index in [1.54, 1.807) is 0 Å². The maximum Gasteiger partial charge on any atom is 0.221 e. The SMILES string of the molecule is CN(C)S(=O)(=O)CCC(=O)NC1CC1. The zero-order valence-corrected chi connectivity index (χ0v) is 9.30. The van der Waals surface area contributed by atoms with Crippen molar-refractivity contribution in [1.29, 1.82) is 0 Å². The summed E-state index contributed by atoms with van der Waals surface area (Å²) in [5, 5.41) is 2.74. The predicted molar refractivity (Wildman–Crippen MR) is 53.3 cm³/mol. The normalized spacial score (nSPS) is 17.1. The minimum Gasteiger partial charge on any atom is -0.353 e. The molecule has 1 saturated carbocycles. The Morgan fingerprint density at radius 2 is 2.00 bits per heavy atom. The predicted octanol–water partition coefficient (Wildman–Crippen LogP) is -0.453. The summed E-state index contributed by atoms with van der Waals surface area (Å²) in [5.74, 6) is -0.281. The van der Waals surface area contributed by atoms with Crippen LogP contribution in [0.2, 0.25) is 0 Å². The van der Waals surface area contributed by atoms with Gasteiger partial charge in [-0.2, -0.15) is 0 Å². The molecular weight excluding hydrogens is 204 g/mol. The quantitative estimate of drug-likeness (QED) is 0.682. The van der Waals surface area contributed by atoms with Gasteiger partial charge in [-0.1, -0.05) is 0 Å².